The topological polar surface area (TPSA) is 71.5 Å². The van der Waals surface area contributed by atoms with Crippen molar-refractivity contribution in [3.05, 3.63) is 77.1 Å². The van der Waals surface area contributed by atoms with Crippen LogP contribution in [0.5, 0.6) is 0 Å². The SMILES string of the molecule is CO[C@@H]1[C@@H](NC(=O)c2ccccn2)c2ccccc2C12CCN(C(=O)CC1=CCCCC1)CC2. The first kappa shape index (κ1) is 22.8. The molecule has 2 atom stereocenters. The van der Waals surface area contributed by atoms with Gasteiger partial charge in [0.15, 0.2) is 0 Å². The molecule has 178 valence electrons. The molecule has 1 aliphatic heterocycles. The van der Waals surface area contributed by atoms with E-state index < -0.39 is 0 Å². The maximum Gasteiger partial charge on any atom is 0.270 e. The van der Waals surface area contributed by atoms with Crippen molar-refractivity contribution in [3.63, 3.8) is 0 Å². The molecule has 1 aromatic carbocycles. The lowest BCUT2D eigenvalue weighted by atomic mass is 9.71. The lowest BCUT2D eigenvalue weighted by Crippen LogP contribution is -2.51. The third-order valence-corrected chi connectivity index (χ3v) is 7.89. The molecule has 0 radical (unpaired) electrons. The van der Waals surface area contributed by atoms with Gasteiger partial charge in [-0.05, 0) is 61.8 Å². The van der Waals surface area contributed by atoms with E-state index in [0.717, 1.165) is 31.2 Å². The van der Waals surface area contributed by atoms with E-state index in [0.29, 0.717) is 25.2 Å². The smallest absolute Gasteiger partial charge is 0.270 e. The molecular weight excluding hydrogens is 426 g/mol. The highest BCUT2D eigenvalue weighted by Gasteiger charge is 2.54. The normalized spacial score (nSPS) is 23.3. The number of hydrogen-bond acceptors (Lipinski definition) is 4. The Morgan fingerprint density at radius 3 is 2.62 bits per heavy atom. The Kier molecular flexibility index (Phi) is 6.50. The maximum absolute atomic E-state index is 13.0. The van der Waals surface area contributed by atoms with Crippen LogP contribution >= 0.6 is 0 Å². The third-order valence-electron chi connectivity index (χ3n) is 7.89. The molecule has 6 heteroatoms. The van der Waals surface area contributed by atoms with Gasteiger partial charge in [-0.2, -0.15) is 0 Å². The third kappa shape index (κ3) is 4.16. The first-order valence-corrected chi connectivity index (χ1v) is 12.4. The summed E-state index contributed by atoms with van der Waals surface area (Å²) in [4.78, 5) is 32.2. The quantitative estimate of drug-likeness (QED) is 0.676. The summed E-state index contributed by atoms with van der Waals surface area (Å²) >= 11 is 0. The number of amides is 2. The number of piperidine rings is 1. The van der Waals surface area contributed by atoms with Gasteiger partial charge in [0.05, 0.1) is 12.1 Å². The monoisotopic (exact) mass is 459 g/mol. The van der Waals surface area contributed by atoms with Crippen molar-refractivity contribution >= 4 is 11.8 Å². The van der Waals surface area contributed by atoms with E-state index in [9.17, 15) is 9.59 Å². The highest BCUT2D eigenvalue weighted by Crippen LogP contribution is 2.52. The van der Waals surface area contributed by atoms with Gasteiger partial charge in [0.25, 0.3) is 5.91 Å². The van der Waals surface area contributed by atoms with E-state index >= 15 is 0 Å². The highest BCUT2D eigenvalue weighted by molar-refractivity contribution is 5.92. The van der Waals surface area contributed by atoms with Gasteiger partial charge in [0, 0.05) is 38.2 Å². The Morgan fingerprint density at radius 1 is 1.12 bits per heavy atom. The zero-order valence-electron chi connectivity index (χ0n) is 19.8. The van der Waals surface area contributed by atoms with Crippen LogP contribution in [0.1, 0.15) is 72.6 Å². The van der Waals surface area contributed by atoms with Crippen LogP contribution in [0.25, 0.3) is 0 Å². The number of carbonyl (C=O) groups is 2. The van der Waals surface area contributed by atoms with Crippen LogP contribution in [-0.4, -0.2) is 48.0 Å². The fourth-order valence-electron chi connectivity index (χ4n) is 6.16. The molecular formula is C28H33N3O3. The molecule has 1 N–H and O–H groups in total. The van der Waals surface area contributed by atoms with Gasteiger partial charge in [0.2, 0.25) is 5.91 Å². The summed E-state index contributed by atoms with van der Waals surface area (Å²) < 4.78 is 6.11. The van der Waals surface area contributed by atoms with Crippen molar-refractivity contribution in [3.8, 4) is 0 Å². The second-order valence-electron chi connectivity index (χ2n) is 9.73. The van der Waals surface area contributed by atoms with Crippen molar-refractivity contribution in [2.24, 2.45) is 0 Å². The number of allylic oxidation sites excluding steroid dienone is 1. The van der Waals surface area contributed by atoms with Crippen molar-refractivity contribution in [1.82, 2.24) is 15.2 Å². The number of hydrogen-bond donors (Lipinski definition) is 1. The van der Waals surface area contributed by atoms with Gasteiger partial charge in [-0.15, -0.1) is 0 Å². The highest BCUT2D eigenvalue weighted by atomic mass is 16.5. The van der Waals surface area contributed by atoms with Crippen molar-refractivity contribution in [1.29, 1.82) is 0 Å². The van der Waals surface area contributed by atoms with E-state index in [1.54, 1.807) is 25.4 Å². The first-order valence-electron chi connectivity index (χ1n) is 12.4. The Balaban J connectivity index is 1.35. The van der Waals surface area contributed by atoms with E-state index in [-0.39, 0.29) is 29.4 Å². The lowest BCUT2D eigenvalue weighted by Gasteiger charge is -2.44. The Hall–Kier alpha value is -2.99. The van der Waals surface area contributed by atoms with Crippen LogP contribution in [0.4, 0.5) is 0 Å². The standard InChI is InChI=1S/C28H33N3O3/c1-34-26-25(30-27(33)23-13-7-8-16-29-23)21-11-5-6-12-22(21)28(26)14-17-31(18-15-28)24(32)19-20-9-3-2-4-10-20/h5-9,11-13,16,25-26H,2-4,10,14-15,17-19H2,1H3,(H,30,33)/t25-,26+/m0/s1. The average Bonchev–Trinajstić information content (AvgIpc) is 3.13. The largest absolute Gasteiger partial charge is 0.378 e. The van der Waals surface area contributed by atoms with Crippen LogP contribution in [0.15, 0.2) is 60.3 Å². The Bertz CT molecular complexity index is 1070. The van der Waals surface area contributed by atoms with Crippen molar-refractivity contribution in [2.75, 3.05) is 20.2 Å². The second kappa shape index (κ2) is 9.71. The molecule has 2 aromatic rings. The van der Waals surface area contributed by atoms with E-state index in [4.69, 9.17) is 4.74 Å². The first-order chi connectivity index (χ1) is 16.6. The van der Waals surface area contributed by atoms with Gasteiger partial charge in [-0.3, -0.25) is 14.6 Å². The van der Waals surface area contributed by atoms with Crippen LogP contribution < -0.4 is 5.32 Å². The average molecular weight is 460 g/mol. The van der Waals surface area contributed by atoms with Crippen molar-refractivity contribution in [2.45, 2.75) is 62.5 Å². The molecule has 34 heavy (non-hydrogen) atoms. The van der Waals surface area contributed by atoms with Crippen LogP contribution in [0.2, 0.25) is 0 Å². The zero-order chi connectivity index (χ0) is 23.5. The Labute approximate surface area is 201 Å². The van der Waals surface area contributed by atoms with E-state index in [1.807, 2.05) is 17.0 Å². The fraction of sp³-hybridized carbons (Fsp3) is 0.464. The predicted molar refractivity (Wildman–Crippen MR) is 130 cm³/mol. The van der Waals surface area contributed by atoms with E-state index in [1.165, 1.54) is 24.0 Å². The summed E-state index contributed by atoms with van der Waals surface area (Å²) in [6, 6.07) is 13.4. The molecule has 0 saturated carbocycles. The van der Waals surface area contributed by atoms with Gasteiger partial charge in [-0.25, -0.2) is 0 Å². The minimum Gasteiger partial charge on any atom is -0.378 e. The molecule has 2 heterocycles. The van der Waals surface area contributed by atoms with Crippen LogP contribution in [-0.2, 0) is 14.9 Å². The minimum absolute atomic E-state index is 0.198. The fourth-order valence-corrected chi connectivity index (χ4v) is 6.16. The molecule has 1 saturated heterocycles. The van der Waals surface area contributed by atoms with E-state index in [2.05, 4.69) is 34.6 Å². The molecule has 0 bridgehead atoms. The molecule has 2 amide bonds. The summed E-state index contributed by atoms with van der Waals surface area (Å²) in [5, 5.41) is 3.20. The Morgan fingerprint density at radius 2 is 1.91 bits per heavy atom. The molecule has 5 rings (SSSR count). The molecule has 3 aliphatic rings. The molecule has 1 aromatic heterocycles. The number of pyridine rings is 1. The summed E-state index contributed by atoms with van der Waals surface area (Å²) in [6.07, 6.45) is 10.5. The minimum atomic E-state index is -0.259. The lowest BCUT2D eigenvalue weighted by molar-refractivity contribution is -0.133. The van der Waals surface area contributed by atoms with Gasteiger partial charge in [-0.1, -0.05) is 42.0 Å². The zero-order valence-corrected chi connectivity index (χ0v) is 19.8. The molecule has 1 fully saturated rings. The van der Waals surface area contributed by atoms with Gasteiger partial charge < -0.3 is 15.0 Å². The van der Waals surface area contributed by atoms with Crippen LogP contribution in [0.3, 0.4) is 0 Å². The second-order valence-corrected chi connectivity index (χ2v) is 9.73. The molecule has 1 spiro atoms. The molecule has 2 aliphatic carbocycles. The summed E-state index contributed by atoms with van der Waals surface area (Å²) in [6.45, 7) is 1.42. The number of methoxy groups -OCH3 is 1. The molecule has 0 unspecified atom stereocenters. The maximum atomic E-state index is 13.0. The predicted octanol–water partition coefficient (Wildman–Crippen LogP) is 4.33. The molecule has 6 nitrogen and oxygen atoms in total. The number of fused-ring (bicyclic) bond motifs is 2. The summed E-state index contributed by atoms with van der Waals surface area (Å²) in [5.74, 6) is 0.0381. The van der Waals surface area contributed by atoms with Crippen molar-refractivity contribution < 1.29 is 14.3 Å². The number of aromatic nitrogens is 1. The number of nitrogens with one attached hydrogen (secondary N) is 1. The van der Waals surface area contributed by atoms with Gasteiger partial charge in [0.1, 0.15) is 5.69 Å². The number of benzene rings is 1. The van der Waals surface area contributed by atoms with Crippen LogP contribution in [0, 0.1) is 0 Å². The number of carbonyl (C=O) groups excluding carboxylic acids is 2. The summed E-state index contributed by atoms with van der Waals surface area (Å²) in [7, 11) is 1.73. The summed E-state index contributed by atoms with van der Waals surface area (Å²) in [5.41, 5.74) is 3.80. The number of likely N-dealkylation sites (tertiary alicyclic amines) is 1. The number of rotatable bonds is 5. The number of nitrogens with zero attached hydrogens (tertiary/aromatic N) is 2. The number of ether oxygens (including phenoxy) is 1. The van der Waals surface area contributed by atoms with Gasteiger partial charge >= 0.3 is 0 Å².